The molecule has 2 radical (unpaired) electrons. The zero-order valence-corrected chi connectivity index (χ0v) is 6.26. The smallest absolute Gasteiger partial charge is 0.171 e. The molecule has 0 unspecified atom stereocenters. The SMILES string of the molecule is CC[Si]CCC(F)(F)F. The van der Waals surface area contributed by atoms with Crippen molar-refractivity contribution >= 4 is 9.52 Å². The summed E-state index contributed by atoms with van der Waals surface area (Å²) in [5, 5.41) is 0. The lowest BCUT2D eigenvalue weighted by Crippen LogP contribution is -2.07. The third-order valence-electron chi connectivity index (χ3n) is 0.835. The molecule has 0 nitrogen and oxygen atoms in total. The molecule has 0 amide bonds. The van der Waals surface area contributed by atoms with E-state index >= 15 is 0 Å². The summed E-state index contributed by atoms with van der Waals surface area (Å²) in [5.41, 5.74) is 0. The minimum absolute atomic E-state index is 0.306. The number of rotatable bonds is 3. The maximum Gasteiger partial charge on any atom is 0.388 e. The van der Waals surface area contributed by atoms with Crippen molar-refractivity contribution < 1.29 is 13.2 Å². The average molecular weight is 154 g/mol. The summed E-state index contributed by atoms with van der Waals surface area (Å²) in [6.45, 7) is 1.90. The molecule has 0 rings (SSSR count). The standard InChI is InChI=1S/C5H9F3Si/c1-2-9-4-3-5(6,7)8/h2-4H2,1H3. The first kappa shape index (κ1) is 9.01. The zero-order valence-electron chi connectivity index (χ0n) is 5.26. The summed E-state index contributed by atoms with van der Waals surface area (Å²) in [5.74, 6) is 0. The van der Waals surface area contributed by atoms with E-state index in [-0.39, 0.29) is 0 Å². The quantitative estimate of drug-likeness (QED) is 0.433. The van der Waals surface area contributed by atoms with E-state index in [1.807, 2.05) is 6.92 Å². The van der Waals surface area contributed by atoms with Crippen LogP contribution in [0.3, 0.4) is 0 Å². The Morgan fingerprint density at radius 2 is 1.89 bits per heavy atom. The highest BCUT2D eigenvalue weighted by Gasteiger charge is 2.25. The van der Waals surface area contributed by atoms with Crippen LogP contribution in [0.4, 0.5) is 13.2 Å². The van der Waals surface area contributed by atoms with E-state index in [4.69, 9.17) is 0 Å². The van der Waals surface area contributed by atoms with E-state index in [1.54, 1.807) is 0 Å². The van der Waals surface area contributed by atoms with Crippen LogP contribution in [0, 0.1) is 0 Å². The molecule has 0 saturated carbocycles. The summed E-state index contributed by atoms with van der Waals surface area (Å²) >= 11 is 0. The van der Waals surface area contributed by atoms with E-state index in [0.717, 1.165) is 6.04 Å². The first-order valence-electron chi connectivity index (χ1n) is 2.83. The molecule has 0 heterocycles. The maximum atomic E-state index is 11.4. The Bertz CT molecular complexity index is 69.1. The van der Waals surface area contributed by atoms with Crippen molar-refractivity contribution in [3.8, 4) is 0 Å². The van der Waals surface area contributed by atoms with Crippen molar-refractivity contribution in [2.24, 2.45) is 0 Å². The predicted octanol–water partition coefficient (Wildman–Crippen LogP) is 2.50. The molecule has 0 fully saturated rings. The van der Waals surface area contributed by atoms with E-state index in [1.165, 1.54) is 0 Å². The number of hydrogen-bond donors (Lipinski definition) is 0. The van der Waals surface area contributed by atoms with E-state index in [9.17, 15) is 13.2 Å². The average Bonchev–Trinajstić information content (AvgIpc) is 1.63. The van der Waals surface area contributed by atoms with Crippen molar-refractivity contribution in [1.29, 1.82) is 0 Å². The lowest BCUT2D eigenvalue weighted by atomic mass is 10.5. The molecule has 54 valence electrons. The van der Waals surface area contributed by atoms with Gasteiger partial charge in [0.25, 0.3) is 0 Å². The Kier molecular flexibility index (Phi) is 3.93. The van der Waals surface area contributed by atoms with Crippen molar-refractivity contribution in [3.63, 3.8) is 0 Å². The van der Waals surface area contributed by atoms with Crippen LogP contribution in [0.5, 0.6) is 0 Å². The first-order valence-corrected chi connectivity index (χ1v) is 4.25. The minimum atomic E-state index is -3.94. The molecular weight excluding hydrogens is 145 g/mol. The summed E-state index contributed by atoms with van der Waals surface area (Å²) in [4.78, 5) is 0. The second-order valence-electron chi connectivity index (χ2n) is 1.72. The monoisotopic (exact) mass is 154 g/mol. The normalized spacial score (nSPS) is 12.0. The van der Waals surface area contributed by atoms with E-state index in [2.05, 4.69) is 0 Å². The van der Waals surface area contributed by atoms with Gasteiger partial charge in [-0.05, 0) is 0 Å². The molecule has 0 aromatic rings. The summed E-state index contributed by atoms with van der Waals surface area (Å²) in [6.07, 6.45) is -4.55. The molecule has 0 aliphatic rings. The van der Waals surface area contributed by atoms with Gasteiger partial charge in [-0.25, -0.2) is 0 Å². The van der Waals surface area contributed by atoms with Gasteiger partial charge in [-0.15, -0.1) is 0 Å². The molecule has 0 bridgehead atoms. The van der Waals surface area contributed by atoms with Gasteiger partial charge in [0.1, 0.15) is 0 Å². The molecule has 0 aliphatic heterocycles. The van der Waals surface area contributed by atoms with Crippen LogP contribution in [0.2, 0.25) is 12.1 Å². The molecule has 0 spiro atoms. The topological polar surface area (TPSA) is 0 Å². The highest BCUT2D eigenvalue weighted by atomic mass is 28.2. The van der Waals surface area contributed by atoms with Gasteiger partial charge in [-0.3, -0.25) is 0 Å². The fraction of sp³-hybridized carbons (Fsp3) is 1.00. The molecule has 0 aromatic carbocycles. The molecule has 9 heavy (non-hydrogen) atoms. The fourth-order valence-corrected chi connectivity index (χ4v) is 1.22. The fourth-order valence-electron chi connectivity index (χ4n) is 0.407. The highest BCUT2D eigenvalue weighted by Crippen LogP contribution is 2.21. The van der Waals surface area contributed by atoms with Gasteiger partial charge < -0.3 is 0 Å². The first-order chi connectivity index (χ1) is 4.06. The minimum Gasteiger partial charge on any atom is -0.171 e. The van der Waals surface area contributed by atoms with Crippen LogP contribution >= 0.6 is 0 Å². The van der Waals surface area contributed by atoms with Crippen molar-refractivity contribution in [2.75, 3.05) is 0 Å². The van der Waals surface area contributed by atoms with E-state index < -0.39 is 12.6 Å². The number of hydrogen-bond acceptors (Lipinski definition) is 0. The van der Waals surface area contributed by atoms with Crippen LogP contribution < -0.4 is 0 Å². The maximum absolute atomic E-state index is 11.4. The van der Waals surface area contributed by atoms with Crippen molar-refractivity contribution in [2.45, 2.75) is 31.6 Å². The van der Waals surface area contributed by atoms with Crippen LogP contribution in [-0.2, 0) is 0 Å². The summed E-state index contributed by atoms with van der Waals surface area (Å²) in [6, 6.07) is 1.18. The second-order valence-corrected chi connectivity index (χ2v) is 3.43. The third-order valence-corrected chi connectivity index (χ3v) is 1.94. The Balaban J connectivity index is 3.07. The highest BCUT2D eigenvalue weighted by molar-refractivity contribution is 6.35. The van der Waals surface area contributed by atoms with Crippen LogP contribution in [0.15, 0.2) is 0 Å². The van der Waals surface area contributed by atoms with Gasteiger partial charge in [0.05, 0.1) is 0 Å². The van der Waals surface area contributed by atoms with Crippen LogP contribution in [0.25, 0.3) is 0 Å². The molecular formula is C5H9F3Si. The lowest BCUT2D eigenvalue weighted by Gasteiger charge is -2.02. The summed E-state index contributed by atoms with van der Waals surface area (Å²) in [7, 11) is 0.468. The van der Waals surface area contributed by atoms with Crippen molar-refractivity contribution in [3.05, 3.63) is 0 Å². The predicted molar refractivity (Wildman–Crippen MR) is 31.7 cm³/mol. The Labute approximate surface area is 55.3 Å². The van der Waals surface area contributed by atoms with Gasteiger partial charge >= 0.3 is 6.18 Å². The molecule has 4 heteroatoms. The Morgan fingerprint density at radius 3 is 2.22 bits per heavy atom. The Morgan fingerprint density at radius 1 is 1.33 bits per heavy atom. The molecule has 0 aromatic heterocycles. The third kappa shape index (κ3) is 8.01. The molecule has 0 saturated heterocycles. The van der Waals surface area contributed by atoms with Gasteiger partial charge in [0, 0.05) is 15.9 Å². The molecule has 0 atom stereocenters. The molecule has 0 N–H and O–H groups in total. The van der Waals surface area contributed by atoms with Gasteiger partial charge in [0.15, 0.2) is 0 Å². The lowest BCUT2D eigenvalue weighted by molar-refractivity contribution is -0.130. The Hall–Kier alpha value is 0.00688. The van der Waals surface area contributed by atoms with Gasteiger partial charge in [-0.1, -0.05) is 19.0 Å². The van der Waals surface area contributed by atoms with Crippen LogP contribution in [0.1, 0.15) is 13.3 Å². The molecule has 0 aliphatic carbocycles. The van der Waals surface area contributed by atoms with Crippen LogP contribution in [-0.4, -0.2) is 15.7 Å². The van der Waals surface area contributed by atoms with Gasteiger partial charge in [0.2, 0.25) is 0 Å². The number of alkyl halides is 3. The largest absolute Gasteiger partial charge is 0.388 e. The zero-order chi connectivity index (χ0) is 7.33. The van der Waals surface area contributed by atoms with Gasteiger partial charge in [-0.2, -0.15) is 13.2 Å². The summed E-state index contributed by atoms with van der Waals surface area (Å²) < 4.78 is 34.2. The number of halogens is 3. The van der Waals surface area contributed by atoms with Crippen molar-refractivity contribution in [1.82, 2.24) is 0 Å². The van der Waals surface area contributed by atoms with E-state index in [0.29, 0.717) is 15.6 Å². The second kappa shape index (κ2) is 3.93.